The number of aliphatic hydroxyl groups excluding tert-OH is 1. The van der Waals surface area contributed by atoms with Crippen molar-refractivity contribution >= 4 is 18.7 Å². The molecule has 26 heavy (non-hydrogen) atoms. The van der Waals surface area contributed by atoms with Crippen LogP contribution in [-0.2, 0) is 4.43 Å². The van der Waals surface area contributed by atoms with Crippen LogP contribution >= 0.6 is 0 Å². The molecule has 3 heteroatoms. The third-order valence-corrected chi connectivity index (χ3v) is 9.64. The smallest absolute Gasteiger partial charge is 0.261 e. The Kier molecular flexibility index (Phi) is 7.15. The highest BCUT2D eigenvalue weighted by atomic mass is 28.4. The number of aliphatic hydroxyl groups is 1. The van der Waals surface area contributed by atoms with Crippen LogP contribution in [0.2, 0.25) is 5.04 Å². The minimum atomic E-state index is -2.51. The van der Waals surface area contributed by atoms with Crippen molar-refractivity contribution in [2.75, 3.05) is 6.61 Å². The molecule has 2 aromatic rings. The Morgan fingerprint density at radius 2 is 1.42 bits per heavy atom. The van der Waals surface area contributed by atoms with Crippen molar-refractivity contribution in [1.29, 1.82) is 0 Å². The van der Waals surface area contributed by atoms with Gasteiger partial charge in [-0.3, -0.25) is 0 Å². The second-order valence-electron chi connectivity index (χ2n) is 7.48. The van der Waals surface area contributed by atoms with Crippen molar-refractivity contribution in [3.8, 4) is 0 Å². The van der Waals surface area contributed by atoms with Gasteiger partial charge in [0.05, 0.1) is 12.7 Å². The lowest BCUT2D eigenvalue weighted by atomic mass is 10.2. The monoisotopic (exact) mass is 366 g/mol. The zero-order valence-corrected chi connectivity index (χ0v) is 17.2. The Hall–Kier alpha value is -1.94. The lowest BCUT2D eigenvalue weighted by Crippen LogP contribution is -2.67. The molecule has 0 saturated heterocycles. The summed E-state index contributed by atoms with van der Waals surface area (Å²) < 4.78 is 6.91. The largest absolute Gasteiger partial charge is 0.401 e. The maximum atomic E-state index is 8.88. The standard InChI is InChI=1S/C23H30O2Si/c1-20(14-8-7-13-19-24)25-26(23(2,3)4,21-15-9-5-10-16-21)22-17-11-6-12-18-22/h5-18,20,24H,19H2,1-4H3/b13-7+,14-8-/t20-/m0/s1. The van der Waals surface area contributed by atoms with Crippen LogP contribution in [0.25, 0.3) is 0 Å². The first-order valence-corrected chi connectivity index (χ1v) is 11.1. The summed E-state index contributed by atoms with van der Waals surface area (Å²) in [6.07, 6.45) is 7.52. The van der Waals surface area contributed by atoms with Crippen LogP contribution in [0.4, 0.5) is 0 Å². The first-order valence-electron chi connectivity index (χ1n) is 9.15. The van der Waals surface area contributed by atoms with E-state index >= 15 is 0 Å². The molecule has 0 aliphatic carbocycles. The lowest BCUT2D eigenvalue weighted by molar-refractivity contribution is 0.252. The van der Waals surface area contributed by atoms with Crippen LogP contribution in [-0.4, -0.2) is 26.1 Å². The van der Waals surface area contributed by atoms with Crippen molar-refractivity contribution in [2.45, 2.75) is 38.8 Å². The van der Waals surface area contributed by atoms with Crippen molar-refractivity contribution < 1.29 is 9.53 Å². The predicted molar refractivity (Wildman–Crippen MR) is 114 cm³/mol. The molecule has 0 saturated carbocycles. The maximum Gasteiger partial charge on any atom is 0.261 e. The van der Waals surface area contributed by atoms with E-state index in [-0.39, 0.29) is 17.7 Å². The Balaban J connectivity index is 2.54. The maximum absolute atomic E-state index is 8.88. The summed E-state index contributed by atoms with van der Waals surface area (Å²) in [4.78, 5) is 0. The molecule has 0 unspecified atom stereocenters. The van der Waals surface area contributed by atoms with Gasteiger partial charge in [0, 0.05) is 0 Å². The molecule has 2 rings (SSSR count). The average Bonchev–Trinajstić information content (AvgIpc) is 2.64. The van der Waals surface area contributed by atoms with Crippen molar-refractivity contribution in [3.63, 3.8) is 0 Å². The number of benzene rings is 2. The number of hydrogen-bond acceptors (Lipinski definition) is 2. The van der Waals surface area contributed by atoms with Gasteiger partial charge in [-0.05, 0) is 22.3 Å². The Morgan fingerprint density at radius 3 is 1.85 bits per heavy atom. The quantitative estimate of drug-likeness (QED) is 0.591. The minimum absolute atomic E-state index is 0.0290. The van der Waals surface area contributed by atoms with E-state index in [4.69, 9.17) is 9.53 Å². The van der Waals surface area contributed by atoms with Crippen LogP contribution in [0.5, 0.6) is 0 Å². The van der Waals surface area contributed by atoms with Crippen LogP contribution in [0, 0.1) is 0 Å². The molecule has 2 aromatic carbocycles. The van der Waals surface area contributed by atoms with Crippen molar-refractivity contribution in [3.05, 3.63) is 85.0 Å². The number of rotatable bonds is 7. The minimum Gasteiger partial charge on any atom is -0.401 e. The molecule has 0 fully saturated rings. The fourth-order valence-corrected chi connectivity index (χ4v) is 8.02. The van der Waals surface area contributed by atoms with Crippen LogP contribution in [0.15, 0.2) is 85.0 Å². The van der Waals surface area contributed by atoms with Crippen molar-refractivity contribution in [2.24, 2.45) is 0 Å². The third-order valence-electron chi connectivity index (χ3n) is 4.51. The molecule has 0 bridgehead atoms. The van der Waals surface area contributed by atoms with E-state index in [2.05, 4.69) is 88.4 Å². The van der Waals surface area contributed by atoms with Gasteiger partial charge in [-0.25, -0.2) is 0 Å². The summed E-state index contributed by atoms with van der Waals surface area (Å²) in [7, 11) is -2.51. The van der Waals surface area contributed by atoms with E-state index in [1.54, 1.807) is 6.08 Å². The van der Waals surface area contributed by atoms with E-state index in [0.29, 0.717) is 0 Å². The van der Waals surface area contributed by atoms with Gasteiger partial charge >= 0.3 is 0 Å². The zero-order valence-electron chi connectivity index (χ0n) is 16.2. The van der Waals surface area contributed by atoms with E-state index in [1.165, 1.54) is 10.4 Å². The zero-order chi connectivity index (χ0) is 19.0. The Labute approximate surface area is 159 Å². The molecular weight excluding hydrogens is 336 g/mol. The predicted octanol–water partition coefficient (Wildman–Crippen LogP) is 4.06. The molecule has 0 radical (unpaired) electrons. The summed E-state index contributed by atoms with van der Waals surface area (Å²) in [5.41, 5.74) is 0. The Morgan fingerprint density at radius 1 is 0.923 bits per heavy atom. The highest BCUT2D eigenvalue weighted by molar-refractivity contribution is 6.99. The van der Waals surface area contributed by atoms with Gasteiger partial charge in [0.1, 0.15) is 0 Å². The Bertz CT molecular complexity index is 675. The van der Waals surface area contributed by atoms with Crippen LogP contribution in [0.3, 0.4) is 0 Å². The topological polar surface area (TPSA) is 29.5 Å². The van der Waals surface area contributed by atoms with Crippen molar-refractivity contribution in [1.82, 2.24) is 0 Å². The summed E-state index contributed by atoms with van der Waals surface area (Å²) >= 11 is 0. The van der Waals surface area contributed by atoms with Crippen LogP contribution < -0.4 is 10.4 Å². The van der Waals surface area contributed by atoms with E-state index < -0.39 is 8.32 Å². The number of allylic oxidation sites excluding steroid dienone is 2. The molecule has 0 amide bonds. The highest BCUT2D eigenvalue weighted by Crippen LogP contribution is 2.37. The van der Waals surface area contributed by atoms with Gasteiger partial charge < -0.3 is 9.53 Å². The first-order chi connectivity index (χ1) is 12.4. The van der Waals surface area contributed by atoms with Gasteiger partial charge in [0.15, 0.2) is 0 Å². The molecule has 0 spiro atoms. The normalized spacial score (nSPS) is 14.2. The lowest BCUT2D eigenvalue weighted by Gasteiger charge is -2.44. The SMILES string of the molecule is C[C@@H](/C=C\C=C\CO)O[Si](c1ccccc1)(c1ccccc1)C(C)(C)C. The summed E-state index contributed by atoms with van der Waals surface area (Å²) in [5.74, 6) is 0. The first kappa shape index (κ1) is 20.4. The number of hydrogen-bond donors (Lipinski definition) is 1. The molecule has 2 nitrogen and oxygen atoms in total. The fourth-order valence-electron chi connectivity index (χ4n) is 3.37. The second-order valence-corrected chi connectivity index (χ2v) is 11.7. The molecule has 1 atom stereocenters. The molecule has 0 heterocycles. The van der Waals surface area contributed by atoms with Gasteiger partial charge in [-0.1, -0.05) is 106 Å². The van der Waals surface area contributed by atoms with Gasteiger partial charge in [0.2, 0.25) is 0 Å². The summed E-state index contributed by atoms with van der Waals surface area (Å²) in [6, 6.07) is 21.3. The molecule has 0 aromatic heterocycles. The molecular formula is C23H30O2Si. The third kappa shape index (κ3) is 4.61. The average molecular weight is 367 g/mol. The van der Waals surface area contributed by atoms with Gasteiger partial charge in [-0.15, -0.1) is 0 Å². The summed E-state index contributed by atoms with van der Waals surface area (Å²) in [6.45, 7) is 8.97. The van der Waals surface area contributed by atoms with Gasteiger partial charge in [-0.2, -0.15) is 0 Å². The summed E-state index contributed by atoms with van der Waals surface area (Å²) in [5, 5.41) is 11.4. The van der Waals surface area contributed by atoms with E-state index in [1.807, 2.05) is 18.2 Å². The van der Waals surface area contributed by atoms with E-state index in [9.17, 15) is 0 Å². The molecule has 1 N–H and O–H groups in total. The molecule has 138 valence electrons. The highest BCUT2D eigenvalue weighted by Gasteiger charge is 2.50. The van der Waals surface area contributed by atoms with E-state index in [0.717, 1.165) is 0 Å². The van der Waals surface area contributed by atoms with Gasteiger partial charge in [0.25, 0.3) is 8.32 Å². The molecule has 0 aliphatic rings. The van der Waals surface area contributed by atoms with Crippen LogP contribution in [0.1, 0.15) is 27.7 Å². The second kappa shape index (κ2) is 9.13. The molecule has 0 aliphatic heterocycles. The fraction of sp³-hybridized carbons (Fsp3) is 0.304.